The number of thioether (sulfide) groups is 1. The van der Waals surface area contributed by atoms with Crippen molar-refractivity contribution in [3.63, 3.8) is 0 Å². The van der Waals surface area contributed by atoms with E-state index < -0.39 is 17.3 Å². The van der Waals surface area contributed by atoms with Gasteiger partial charge in [-0.2, -0.15) is 0 Å². The summed E-state index contributed by atoms with van der Waals surface area (Å²) in [7, 11) is 4.40. The first-order valence-corrected chi connectivity index (χ1v) is 10.6. The van der Waals surface area contributed by atoms with Crippen LogP contribution in [0.3, 0.4) is 0 Å². The summed E-state index contributed by atoms with van der Waals surface area (Å²) >= 11 is 1.25. The van der Waals surface area contributed by atoms with Crippen LogP contribution in [-0.4, -0.2) is 38.5 Å². The summed E-state index contributed by atoms with van der Waals surface area (Å²) in [5, 5.41) is 9.99. The summed E-state index contributed by atoms with van der Waals surface area (Å²) in [5.74, 6) is 1.85. The van der Waals surface area contributed by atoms with Crippen molar-refractivity contribution >= 4 is 23.4 Å². The Labute approximate surface area is 191 Å². The summed E-state index contributed by atoms with van der Waals surface area (Å²) in [5.41, 5.74) is 7.40. The molecule has 0 aliphatic carbocycles. The minimum atomic E-state index is -1.40. The highest BCUT2D eigenvalue weighted by Crippen LogP contribution is 2.42. The lowest BCUT2D eigenvalue weighted by atomic mass is 10.1. The third-order valence-corrected chi connectivity index (χ3v) is 6.10. The molecule has 0 aliphatic heterocycles. The second-order valence-corrected chi connectivity index (χ2v) is 7.94. The van der Waals surface area contributed by atoms with Crippen molar-refractivity contribution in [2.45, 2.75) is 16.2 Å². The molecular formula is C24H25NO6S. The number of hydrogen-bond donors (Lipinski definition) is 2. The van der Waals surface area contributed by atoms with Crippen molar-refractivity contribution < 1.29 is 28.8 Å². The second kappa shape index (κ2) is 10.8. The minimum absolute atomic E-state index is 0.493. The number of benzene rings is 3. The Morgan fingerprint density at radius 1 is 0.844 bits per heavy atom. The Morgan fingerprint density at radius 3 is 1.94 bits per heavy atom. The van der Waals surface area contributed by atoms with Crippen LogP contribution in [0.15, 0.2) is 71.6 Å². The van der Waals surface area contributed by atoms with Crippen molar-refractivity contribution in [2.75, 3.05) is 27.1 Å². The molecule has 0 saturated heterocycles. The van der Waals surface area contributed by atoms with Gasteiger partial charge in [-0.1, -0.05) is 12.1 Å². The van der Waals surface area contributed by atoms with Crippen LogP contribution in [0.2, 0.25) is 0 Å². The standard InChI is InChI=1S/C24H25NO6S/c1-28-16-6-4-15(5-7-16)23(22(26)24(27)30-3)32-21-14-19(12-13-20(21)25)31-18-10-8-17(29-2)9-11-18/h4-14,22-23,26H,25H2,1-3H3. The number of anilines is 1. The van der Waals surface area contributed by atoms with Crippen LogP contribution in [0, 0.1) is 0 Å². The van der Waals surface area contributed by atoms with E-state index in [0.717, 1.165) is 11.3 Å². The van der Waals surface area contributed by atoms with Gasteiger partial charge in [-0.05, 0) is 60.2 Å². The second-order valence-electron chi connectivity index (χ2n) is 6.76. The first-order chi connectivity index (χ1) is 15.4. The average Bonchev–Trinajstić information content (AvgIpc) is 2.84. The third-order valence-electron chi connectivity index (χ3n) is 4.71. The van der Waals surface area contributed by atoms with Gasteiger partial charge in [0.1, 0.15) is 23.0 Å². The summed E-state index contributed by atoms with van der Waals surface area (Å²) in [4.78, 5) is 12.8. The molecule has 0 aliphatic rings. The van der Waals surface area contributed by atoms with E-state index in [-0.39, 0.29) is 0 Å². The Hall–Kier alpha value is -3.36. The first-order valence-electron chi connectivity index (χ1n) is 9.73. The van der Waals surface area contributed by atoms with E-state index in [4.69, 9.17) is 24.7 Å². The number of nitrogen functional groups attached to an aromatic ring is 1. The molecule has 8 heteroatoms. The first kappa shape index (κ1) is 23.3. The predicted octanol–water partition coefficient (Wildman–Crippen LogP) is 4.45. The average molecular weight is 456 g/mol. The molecule has 3 N–H and O–H groups in total. The number of carbonyl (C=O) groups excluding carboxylic acids is 1. The fourth-order valence-corrected chi connectivity index (χ4v) is 4.14. The lowest BCUT2D eigenvalue weighted by Crippen LogP contribution is -2.27. The van der Waals surface area contributed by atoms with Gasteiger partial charge in [0, 0.05) is 10.6 Å². The van der Waals surface area contributed by atoms with E-state index in [1.54, 1.807) is 80.9 Å². The molecule has 0 spiro atoms. The van der Waals surface area contributed by atoms with Gasteiger partial charge in [0.2, 0.25) is 0 Å². The highest BCUT2D eigenvalue weighted by molar-refractivity contribution is 7.99. The van der Waals surface area contributed by atoms with Crippen molar-refractivity contribution in [1.29, 1.82) is 0 Å². The van der Waals surface area contributed by atoms with E-state index in [9.17, 15) is 9.90 Å². The number of rotatable bonds is 9. The van der Waals surface area contributed by atoms with E-state index in [2.05, 4.69) is 0 Å². The summed E-state index contributed by atoms with van der Waals surface area (Å²) in [6.07, 6.45) is -1.40. The van der Waals surface area contributed by atoms with Crippen molar-refractivity contribution in [1.82, 2.24) is 0 Å². The molecule has 32 heavy (non-hydrogen) atoms. The van der Waals surface area contributed by atoms with Gasteiger partial charge in [-0.3, -0.25) is 0 Å². The summed E-state index contributed by atoms with van der Waals surface area (Å²) in [6, 6.07) is 19.5. The van der Waals surface area contributed by atoms with E-state index >= 15 is 0 Å². The molecule has 0 bridgehead atoms. The molecular weight excluding hydrogens is 430 g/mol. The number of carbonyl (C=O) groups is 1. The molecule has 3 aromatic rings. The smallest absolute Gasteiger partial charge is 0.336 e. The minimum Gasteiger partial charge on any atom is -0.497 e. The van der Waals surface area contributed by atoms with Gasteiger partial charge < -0.3 is 29.8 Å². The molecule has 0 amide bonds. The monoisotopic (exact) mass is 455 g/mol. The number of hydrogen-bond acceptors (Lipinski definition) is 8. The molecule has 0 heterocycles. The largest absolute Gasteiger partial charge is 0.497 e. The van der Waals surface area contributed by atoms with E-state index in [1.807, 2.05) is 0 Å². The van der Waals surface area contributed by atoms with Gasteiger partial charge in [0.15, 0.2) is 6.10 Å². The van der Waals surface area contributed by atoms with Gasteiger partial charge in [-0.15, -0.1) is 11.8 Å². The zero-order chi connectivity index (χ0) is 23.1. The SMILES string of the molecule is COC(=O)C(O)C(Sc1cc(Oc2ccc(OC)cc2)ccc1N)c1ccc(OC)cc1. The Kier molecular flexibility index (Phi) is 7.86. The maximum atomic E-state index is 12.1. The van der Waals surface area contributed by atoms with Crippen LogP contribution in [0.5, 0.6) is 23.0 Å². The maximum absolute atomic E-state index is 12.1. The molecule has 0 aromatic heterocycles. The number of esters is 1. The van der Waals surface area contributed by atoms with Crippen molar-refractivity contribution in [3.8, 4) is 23.0 Å². The highest BCUT2D eigenvalue weighted by atomic mass is 32.2. The molecule has 3 aromatic carbocycles. The quantitative estimate of drug-likeness (QED) is 0.277. The third kappa shape index (κ3) is 5.66. The van der Waals surface area contributed by atoms with Crippen LogP contribution in [0.1, 0.15) is 10.8 Å². The number of aliphatic hydroxyl groups is 1. The van der Waals surface area contributed by atoms with E-state index in [0.29, 0.717) is 27.8 Å². The maximum Gasteiger partial charge on any atom is 0.336 e. The van der Waals surface area contributed by atoms with Gasteiger partial charge in [0.25, 0.3) is 0 Å². The van der Waals surface area contributed by atoms with Crippen LogP contribution in [0.25, 0.3) is 0 Å². The van der Waals surface area contributed by atoms with Crippen molar-refractivity contribution in [3.05, 3.63) is 72.3 Å². The number of methoxy groups -OCH3 is 3. The molecule has 3 rings (SSSR count). The molecule has 7 nitrogen and oxygen atoms in total. The number of nitrogens with two attached hydrogens (primary N) is 1. The summed E-state index contributed by atoms with van der Waals surface area (Å²) in [6.45, 7) is 0. The molecule has 0 radical (unpaired) electrons. The normalized spacial score (nSPS) is 12.5. The number of ether oxygens (including phenoxy) is 4. The predicted molar refractivity (Wildman–Crippen MR) is 124 cm³/mol. The van der Waals surface area contributed by atoms with Crippen LogP contribution in [-0.2, 0) is 9.53 Å². The molecule has 168 valence electrons. The van der Waals surface area contributed by atoms with E-state index in [1.165, 1.54) is 18.9 Å². The fraction of sp³-hybridized carbons (Fsp3) is 0.208. The van der Waals surface area contributed by atoms with Gasteiger partial charge in [0.05, 0.1) is 26.6 Å². The van der Waals surface area contributed by atoms with Gasteiger partial charge in [-0.25, -0.2) is 4.79 Å². The lowest BCUT2D eigenvalue weighted by molar-refractivity contribution is -0.150. The molecule has 2 unspecified atom stereocenters. The number of aliphatic hydroxyl groups excluding tert-OH is 1. The van der Waals surface area contributed by atoms with Crippen LogP contribution < -0.4 is 19.9 Å². The van der Waals surface area contributed by atoms with Crippen LogP contribution >= 0.6 is 11.8 Å². The molecule has 2 atom stereocenters. The zero-order valence-electron chi connectivity index (χ0n) is 18.0. The van der Waals surface area contributed by atoms with Crippen molar-refractivity contribution in [2.24, 2.45) is 0 Å². The Balaban J connectivity index is 1.88. The highest BCUT2D eigenvalue weighted by Gasteiger charge is 2.30. The lowest BCUT2D eigenvalue weighted by Gasteiger charge is -2.22. The molecule has 0 saturated carbocycles. The fourth-order valence-electron chi connectivity index (χ4n) is 2.95. The Bertz CT molecular complexity index is 1040. The topological polar surface area (TPSA) is 100 Å². The summed E-state index contributed by atoms with van der Waals surface area (Å²) < 4.78 is 21.0. The zero-order valence-corrected chi connectivity index (χ0v) is 18.8. The molecule has 0 fully saturated rings. The van der Waals surface area contributed by atoms with Gasteiger partial charge >= 0.3 is 5.97 Å². The van der Waals surface area contributed by atoms with Crippen LogP contribution in [0.4, 0.5) is 5.69 Å². The Morgan fingerprint density at radius 2 is 1.38 bits per heavy atom.